The van der Waals surface area contributed by atoms with Gasteiger partial charge in [-0.05, 0) is 95.1 Å². The lowest BCUT2D eigenvalue weighted by atomic mass is 10.00. The molecule has 2 nitrogen and oxygen atoms in total. The summed E-state index contributed by atoms with van der Waals surface area (Å²) in [6.45, 7) is 0. The quantitative estimate of drug-likeness (QED) is 0.177. The Kier molecular flexibility index (Phi) is 6.16. The highest BCUT2D eigenvalue weighted by Crippen LogP contribution is 2.42. The second kappa shape index (κ2) is 11.0. The number of rotatable bonds is 4. The van der Waals surface area contributed by atoms with E-state index < -0.39 is 0 Å². The number of para-hydroxylation sites is 2. The fourth-order valence-electron chi connectivity index (χ4n) is 8.16. The van der Waals surface area contributed by atoms with Gasteiger partial charge >= 0.3 is 0 Å². The Hall–Kier alpha value is -6.42. The molecule has 0 radical (unpaired) electrons. The Morgan fingerprint density at radius 3 is 1.61 bits per heavy atom. The lowest BCUT2D eigenvalue weighted by Crippen LogP contribution is -1.94. The van der Waals surface area contributed by atoms with E-state index in [2.05, 4.69) is 191 Å². The number of aromatic nitrogens is 2. The van der Waals surface area contributed by atoms with Gasteiger partial charge in [0.2, 0.25) is 0 Å². The van der Waals surface area contributed by atoms with Crippen LogP contribution in [0.3, 0.4) is 0 Å². The molecule has 0 bridgehead atoms. The Balaban J connectivity index is 1.12. The molecule has 0 saturated carbocycles. The molecule has 0 amide bonds. The summed E-state index contributed by atoms with van der Waals surface area (Å²) in [6.07, 6.45) is 0. The third-order valence-electron chi connectivity index (χ3n) is 10.5. The van der Waals surface area contributed by atoms with Crippen molar-refractivity contribution in [2.75, 3.05) is 0 Å². The fraction of sp³-hybridized carbons (Fsp3) is 0. The van der Waals surface area contributed by atoms with E-state index in [1.165, 1.54) is 91.7 Å². The van der Waals surface area contributed by atoms with Crippen LogP contribution in [0.4, 0.5) is 0 Å². The van der Waals surface area contributed by atoms with E-state index >= 15 is 0 Å². The number of nitrogens with zero attached hydrogens (tertiary/aromatic N) is 2. The second-order valence-electron chi connectivity index (χ2n) is 13.4. The van der Waals surface area contributed by atoms with E-state index in [4.69, 9.17) is 0 Å². The number of hydrogen-bond donors (Lipinski definition) is 0. The summed E-state index contributed by atoms with van der Waals surface area (Å²) >= 11 is 1.88. The molecule has 11 rings (SSSR count). The summed E-state index contributed by atoms with van der Waals surface area (Å²) in [4.78, 5) is 0. The number of thiophene rings is 1. The molecule has 238 valence electrons. The largest absolute Gasteiger partial charge is 0.309 e. The normalized spacial score (nSPS) is 11.9. The summed E-state index contributed by atoms with van der Waals surface area (Å²) in [5, 5.41) is 7.71. The zero-order chi connectivity index (χ0) is 33.5. The summed E-state index contributed by atoms with van der Waals surface area (Å²) in [5.41, 5.74) is 12.1. The van der Waals surface area contributed by atoms with Crippen molar-refractivity contribution in [1.82, 2.24) is 9.13 Å². The van der Waals surface area contributed by atoms with Gasteiger partial charge in [-0.15, -0.1) is 11.3 Å². The Morgan fingerprint density at radius 2 is 0.824 bits per heavy atom. The van der Waals surface area contributed by atoms with Gasteiger partial charge in [0, 0.05) is 53.1 Å². The third kappa shape index (κ3) is 4.35. The van der Waals surface area contributed by atoms with Crippen LogP contribution in [0.2, 0.25) is 0 Å². The van der Waals surface area contributed by atoms with Crippen LogP contribution in [0, 0.1) is 0 Å². The van der Waals surface area contributed by atoms with Crippen LogP contribution < -0.4 is 0 Å². The van der Waals surface area contributed by atoms with Gasteiger partial charge in [-0.25, -0.2) is 0 Å². The van der Waals surface area contributed by atoms with Crippen LogP contribution in [0.1, 0.15) is 0 Å². The van der Waals surface area contributed by atoms with Crippen LogP contribution in [0.5, 0.6) is 0 Å². The molecule has 0 unspecified atom stereocenters. The molecule has 3 heterocycles. The summed E-state index contributed by atoms with van der Waals surface area (Å²) < 4.78 is 7.49. The van der Waals surface area contributed by atoms with Gasteiger partial charge in [0.15, 0.2) is 0 Å². The SMILES string of the molecule is c1ccc(-c2cccc(-n3c4ccccc4c4cc(-c5ccc6c(c5)c5cc7c(cc5n6-c5ccccc5)sc5ccccc57)ccc43)c2)cc1. The van der Waals surface area contributed by atoms with E-state index in [-0.39, 0.29) is 0 Å². The zero-order valence-electron chi connectivity index (χ0n) is 27.6. The maximum Gasteiger partial charge on any atom is 0.0555 e. The van der Waals surface area contributed by atoms with Crippen LogP contribution >= 0.6 is 11.3 Å². The first-order chi connectivity index (χ1) is 25.3. The molecule has 0 N–H and O–H groups in total. The molecule has 0 aliphatic rings. The van der Waals surface area contributed by atoms with Gasteiger partial charge in [0.1, 0.15) is 0 Å². The van der Waals surface area contributed by atoms with Gasteiger partial charge in [-0.1, -0.05) is 109 Å². The van der Waals surface area contributed by atoms with E-state index in [1.807, 2.05) is 11.3 Å². The first-order valence-electron chi connectivity index (χ1n) is 17.4. The molecule has 0 spiro atoms. The van der Waals surface area contributed by atoms with Gasteiger partial charge in [0.25, 0.3) is 0 Å². The standard InChI is InChI=1S/C48H30N2S/c1-3-12-31(13-4-1)32-14-11-17-36(26-32)50-43-20-9-7-18-37(43)39-27-33(22-24-44(39)50)34-23-25-45-40(28-34)41-29-42-38-19-8-10-21-47(38)51-48(42)30-46(41)49(45)35-15-5-2-6-16-35/h1-30H. The van der Waals surface area contributed by atoms with Gasteiger partial charge < -0.3 is 9.13 Å². The first-order valence-corrected chi connectivity index (χ1v) is 18.2. The fourth-order valence-corrected chi connectivity index (χ4v) is 9.28. The molecule has 51 heavy (non-hydrogen) atoms. The average molecular weight is 667 g/mol. The van der Waals surface area contributed by atoms with E-state index in [1.54, 1.807) is 0 Å². The lowest BCUT2D eigenvalue weighted by Gasteiger charge is -2.11. The smallest absolute Gasteiger partial charge is 0.0555 e. The third-order valence-corrected chi connectivity index (χ3v) is 11.6. The Morgan fingerprint density at radius 1 is 0.275 bits per heavy atom. The highest BCUT2D eigenvalue weighted by atomic mass is 32.1. The van der Waals surface area contributed by atoms with Gasteiger partial charge in [-0.3, -0.25) is 0 Å². The highest BCUT2D eigenvalue weighted by molar-refractivity contribution is 7.25. The predicted molar refractivity (Wildman–Crippen MR) is 219 cm³/mol. The van der Waals surface area contributed by atoms with E-state index in [0.717, 1.165) is 5.69 Å². The zero-order valence-corrected chi connectivity index (χ0v) is 28.4. The number of hydrogen-bond acceptors (Lipinski definition) is 1. The molecule has 0 atom stereocenters. The van der Waals surface area contributed by atoms with Crippen molar-refractivity contribution in [1.29, 1.82) is 0 Å². The molecule has 0 fully saturated rings. The number of benzene rings is 8. The van der Waals surface area contributed by atoms with Crippen molar-refractivity contribution in [3.8, 4) is 33.6 Å². The van der Waals surface area contributed by atoms with E-state index in [0.29, 0.717) is 0 Å². The van der Waals surface area contributed by atoms with Crippen molar-refractivity contribution in [2.45, 2.75) is 0 Å². The molecule has 0 saturated heterocycles. The van der Waals surface area contributed by atoms with E-state index in [9.17, 15) is 0 Å². The molecular formula is C48H30N2S. The van der Waals surface area contributed by atoms with Crippen molar-refractivity contribution >= 4 is 75.1 Å². The molecule has 0 aliphatic heterocycles. The minimum Gasteiger partial charge on any atom is -0.309 e. The minimum atomic E-state index is 1.16. The molecule has 0 aliphatic carbocycles. The lowest BCUT2D eigenvalue weighted by molar-refractivity contribution is 1.18. The summed E-state index contributed by atoms with van der Waals surface area (Å²) in [7, 11) is 0. The predicted octanol–water partition coefficient (Wildman–Crippen LogP) is 13.6. The van der Waals surface area contributed by atoms with Gasteiger partial charge in [-0.2, -0.15) is 0 Å². The van der Waals surface area contributed by atoms with Crippen LogP contribution in [0.25, 0.3) is 97.4 Å². The summed E-state index contributed by atoms with van der Waals surface area (Å²) in [6, 6.07) is 66.7. The maximum atomic E-state index is 2.43. The van der Waals surface area contributed by atoms with Crippen LogP contribution in [-0.4, -0.2) is 9.13 Å². The molecule has 3 aromatic heterocycles. The molecule has 11 aromatic rings. The van der Waals surface area contributed by atoms with Crippen LogP contribution in [-0.2, 0) is 0 Å². The first kappa shape index (κ1) is 28.4. The minimum absolute atomic E-state index is 1.16. The number of fused-ring (bicyclic) bond motifs is 9. The molecular weight excluding hydrogens is 637 g/mol. The average Bonchev–Trinajstić information content (AvgIpc) is 3.84. The maximum absolute atomic E-state index is 2.43. The van der Waals surface area contributed by atoms with Crippen molar-refractivity contribution < 1.29 is 0 Å². The monoisotopic (exact) mass is 666 g/mol. The van der Waals surface area contributed by atoms with Gasteiger partial charge in [0.05, 0.1) is 22.1 Å². The van der Waals surface area contributed by atoms with Crippen LogP contribution in [0.15, 0.2) is 182 Å². The molecule has 3 heteroatoms. The Bertz CT molecular complexity index is 3130. The Labute approximate surface area is 298 Å². The van der Waals surface area contributed by atoms with Crippen molar-refractivity contribution in [3.05, 3.63) is 182 Å². The molecule has 8 aromatic carbocycles. The topological polar surface area (TPSA) is 9.86 Å². The summed E-state index contributed by atoms with van der Waals surface area (Å²) in [5.74, 6) is 0. The second-order valence-corrected chi connectivity index (χ2v) is 14.5. The highest BCUT2D eigenvalue weighted by Gasteiger charge is 2.18. The van der Waals surface area contributed by atoms with Crippen molar-refractivity contribution in [2.24, 2.45) is 0 Å². The van der Waals surface area contributed by atoms with Crippen molar-refractivity contribution in [3.63, 3.8) is 0 Å².